The molecule has 4 unspecified atom stereocenters. The second kappa shape index (κ2) is 11.1. The van der Waals surface area contributed by atoms with E-state index in [9.17, 15) is 34.8 Å². The summed E-state index contributed by atoms with van der Waals surface area (Å²) in [7, 11) is 1.34. The number of carbonyl (C=O) groups excluding carboxylic acids is 2. The Morgan fingerprint density at radius 1 is 1.12 bits per heavy atom. The maximum absolute atomic E-state index is 13.6. The first-order chi connectivity index (χ1) is 19.0. The molecule has 40 heavy (non-hydrogen) atoms. The Morgan fingerprint density at radius 3 is 2.38 bits per heavy atom. The van der Waals surface area contributed by atoms with Gasteiger partial charge in [-0.25, -0.2) is 4.79 Å². The van der Waals surface area contributed by atoms with E-state index in [4.69, 9.17) is 29.8 Å². The molecular weight excluding hydrogens is 530 g/mol. The van der Waals surface area contributed by atoms with E-state index in [1.54, 1.807) is 6.92 Å². The minimum atomic E-state index is -1.29. The highest BCUT2D eigenvalue weighted by Gasteiger charge is 2.43. The number of aliphatic carboxylic acids is 1. The second-order valence-corrected chi connectivity index (χ2v) is 9.39. The number of aliphatic hydroxyl groups excluding tert-OH is 1. The van der Waals surface area contributed by atoms with Crippen LogP contribution in [-0.2, 0) is 19.1 Å². The number of hydrogen-bond donors (Lipinski definition) is 6. The maximum Gasteiger partial charge on any atom is 0.331 e. The van der Waals surface area contributed by atoms with Gasteiger partial charge in [-0.15, -0.1) is 0 Å². The monoisotopic (exact) mass is 557 g/mol. The van der Waals surface area contributed by atoms with Gasteiger partial charge in [-0.1, -0.05) is 12.1 Å². The van der Waals surface area contributed by atoms with E-state index in [-0.39, 0.29) is 52.9 Å². The molecule has 3 aliphatic rings. The molecule has 2 aromatic rings. The molecule has 5 atom stereocenters. The summed E-state index contributed by atoms with van der Waals surface area (Å²) in [5, 5.41) is 49.2. The van der Waals surface area contributed by atoms with E-state index in [1.807, 2.05) is 0 Å². The normalized spacial score (nSPS) is 24.9. The van der Waals surface area contributed by atoms with E-state index in [0.717, 1.165) is 6.08 Å². The van der Waals surface area contributed by atoms with Gasteiger partial charge in [0.05, 0.1) is 42.1 Å². The fourth-order valence-corrected chi connectivity index (χ4v) is 5.22. The Balaban J connectivity index is 0.00000118. The van der Waals surface area contributed by atoms with Crippen LogP contribution in [0.5, 0.6) is 17.2 Å². The molecule has 13 nitrogen and oxygen atoms in total. The van der Waals surface area contributed by atoms with Gasteiger partial charge in [0.1, 0.15) is 17.2 Å². The number of aromatic hydroxyl groups is 2. The number of carbonyl (C=O) groups is 4. The number of rotatable bonds is 4. The van der Waals surface area contributed by atoms with Gasteiger partial charge in [0.25, 0.3) is 6.47 Å². The fraction of sp³-hybridized carbons (Fsp3) is 0.333. The van der Waals surface area contributed by atoms with E-state index < -0.39 is 70.8 Å². The summed E-state index contributed by atoms with van der Waals surface area (Å²) >= 11 is 0. The largest absolute Gasteiger partial charge is 0.507 e. The third kappa shape index (κ3) is 4.69. The van der Waals surface area contributed by atoms with Crippen LogP contribution in [0.25, 0.3) is 6.08 Å². The summed E-state index contributed by atoms with van der Waals surface area (Å²) in [5.41, 5.74) is 4.69. The molecule has 212 valence electrons. The molecule has 1 saturated heterocycles. The quantitative estimate of drug-likeness (QED) is 0.197. The van der Waals surface area contributed by atoms with Gasteiger partial charge in [-0.3, -0.25) is 14.4 Å². The molecule has 7 N–H and O–H groups in total. The number of carboxylic acids is 1. The van der Waals surface area contributed by atoms with Crippen LogP contribution in [0.4, 0.5) is 0 Å². The number of ether oxygens (including phenoxy) is 3. The molecule has 0 bridgehead atoms. The lowest BCUT2D eigenvalue weighted by molar-refractivity contribution is -0.240. The average Bonchev–Trinajstić information content (AvgIpc) is 2.91. The van der Waals surface area contributed by atoms with E-state index in [2.05, 4.69) is 0 Å². The van der Waals surface area contributed by atoms with Gasteiger partial charge < -0.3 is 45.5 Å². The van der Waals surface area contributed by atoms with Crippen molar-refractivity contribution in [2.24, 2.45) is 5.73 Å². The third-order valence-electron chi connectivity index (χ3n) is 7.08. The molecule has 1 aliphatic heterocycles. The first-order valence-electron chi connectivity index (χ1n) is 12.1. The number of ketones is 2. The Labute approximate surface area is 227 Å². The van der Waals surface area contributed by atoms with Crippen molar-refractivity contribution in [2.45, 2.75) is 50.4 Å². The van der Waals surface area contributed by atoms with E-state index in [1.165, 1.54) is 25.3 Å². The first kappa shape index (κ1) is 28.7. The minimum Gasteiger partial charge on any atom is -0.507 e. The van der Waals surface area contributed by atoms with Crippen LogP contribution in [0.2, 0.25) is 0 Å². The standard InChI is InChI=1S/C26H25NO10.CH2O2/c1-9-21(28)13(27)8-16(36-9)37-15-7-10(26(33)34)6-12-18(15)25(32)20-19(23(12)30)22(29)11-4-3-5-14(35-2)17(11)24(20)31;2-1-3/h3-6,9,13,15-16,21,28,30,32H,7-8,27H2,1-2H3,(H,33,34);1H,(H,2,3)/t9?,13?,15-,16?,21?;/m0./s1. The number of phenolic OH excluding ortho intramolecular Hbond substituents is 2. The number of nitrogens with two attached hydrogens (primary N) is 1. The number of phenols is 2. The Bertz CT molecular complexity index is 1420. The number of methoxy groups -OCH3 is 1. The third-order valence-corrected chi connectivity index (χ3v) is 7.08. The van der Waals surface area contributed by atoms with Crippen molar-refractivity contribution in [3.05, 3.63) is 57.2 Å². The van der Waals surface area contributed by atoms with Crippen molar-refractivity contribution in [1.82, 2.24) is 0 Å². The fourth-order valence-electron chi connectivity index (χ4n) is 5.22. The molecule has 0 radical (unpaired) electrons. The van der Waals surface area contributed by atoms with Crippen LogP contribution in [0.3, 0.4) is 0 Å². The van der Waals surface area contributed by atoms with Crippen molar-refractivity contribution in [3.8, 4) is 17.2 Å². The van der Waals surface area contributed by atoms with Crippen LogP contribution < -0.4 is 10.5 Å². The molecule has 0 saturated carbocycles. The number of benzene rings is 2. The SMILES string of the molecule is COc1cccc2c1C(=O)c1c(O)c3c(c(O)c1C2=O)C=C(C(=O)O)C[C@@H]3OC1CC(N)C(O)C(C)O1.O=CO. The summed E-state index contributed by atoms with van der Waals surface area (Å²) in [6.45, 7) is 1.35. The highest BCUT2D eigenvalue weighted by molar-refractivity contribution is 6.31. The van der Waals surface area contributed by atoms with Gasteiger partial charge in [-0.05, 0) is 19.1 Å². The highest BCUT2D eigenvalue weighted by atomic mass is 16.7. The van der Waals surface area contributed by atoms with Crippen LogP contribution >= 0.6 is 0 Å². The number of fused-ring (bicyclic) bond motifs is 3. The summed E-state index contributed by atoms with van der Waals surface area (Å²) < 4.78 is 17.0. The Kier molecular flexibility index (Phi) is 7.93. The summed E-state index contributed by atoms with van der Waals surface area (Å²) in [6, 6.07) is 3.74. The lowest BCUT2D eigenvalue weighted by Gasteiger charge is -2.38. The van der Waals surface area contributed by atoms with Gasteiger partial charge in [0.2, 0.25) is 5.78 Å². The molecular formula is C27H27NO12. The molecule has 2 aromatic carbocycles. The Morgan fingerprint density at radius 2 is 1.77 bits per heavy atom. The predicted octanol–water partition coefficient (Wildman–Crippen LogP) is 1.34. The maximum atomic E-state index is 13.6. The lowest BCUT2D eigenvalue weighted by atomic mass is 9.77. The zero-order chi connectivity index (χ0) is 29.5. The molecule has 0 spiro atoms. The molecule has 5 rings (SSSR count). The molecule has 1 fully saturated rings. The number of hydrogen-bond acceptors (Lipinski definition) is 11. The molecule has 13 heteroatoms. The predicted molar refractivity (Wildman–Crippen MR) is 135 cm³/mol. The zero-order valence-corrected chi connectivity index (χ0v) is 21.4. The van der Waals surface area contributed by atoms with Gasteiger partial charge >= 0.3 is 5.97 Å². The minimum absolute atomic E-state index is 0.0188. The molecule has 1 heterocycles. The van der Waals surface area contributed by atoms with Gasteiger partial charge in [0, 0.05) is 41.1 Å². The second-order valence-electron chi connectivity index (χ2n) is 9.39. The summed E-state index contributed by atoms with van der Waals surface area (Å²) in [4.78, 5) is 47.2. The van der Waals surface area contributed by atoms with Crippen molar-refractivity contribution >= 4 is 30.1 Å². The van der Waals surface area contributed by atoms with Gasteiger partial charge in [-0.2, -0.15) is 0 Å². The van der Waals surface area contributed by atoms with Gasteiger partial charge in [0.15, 0.2) is 12.1 Å². The Hall–Kier alpha value is -4.30. The summed E-state index contributed by atoms with van der Waals surface area (Å²) in [5.74, 6) is -3.90. The van der Waals surface area contributed by atoms with E-state index in [0.29, 0.717) is 0 Å². The highest BCUT2D eigenvalue weighted by Crippen LogP contribution is 2.51. The topological polar surface area (TPSA) is 223 Å². The first-order valence-corrected chi connectivity index (χ1v) is 12.1. The smallest absolute Gasteiger partial charge is 0.331 e. The molecule has 0 amide bonds. The molecule has 2 aliphatic carbocycles. The lowest BCUT2D eigenvalue weighted by Crippen LogP contribution is -2.51. The van der Waals surface area contributed by atoms with Crippen molar-refractivity contribution < 1.29 is 58.9 Å². The number of aliphatic hydroxyl groups is 1. The van der Waals surface area contributed by atoms with Crippen LogP contribution in [0.15, 0.2) is 23.8 Å². The number of carboxylic acid groups (broad SMARTS) is 2. The average molecular weight is 558 g/mol. The van der Waals surface area contributed by atoms with Crippen LogP contribution in [0, 0.1) is 0 Å². The van der Waals surface area contributed by atoms with Crippen molar-refractivity contribution in [3.63, 3.8) is 0 Å². The van der Waals surface area contributed by atoms with Crippen molar-refractivity contribution in [2.75, 3.05) is 7.11 Å². The van der Waals surface area contributed by atoms with Crippen LogP contribution in [-0.4, -0.2) is 81.2 Å². The summed E-state index contributed by atoms with van der Waals surface area (Å²) in [6.07, 6.45) is -2.79. The van der Waals surface area contributed by atoms with Crippen molar-refractivity contribution in [1.29, 1.82) is 0 Å². The zero-order valence-electron chi connectivity index (χ0n) is 21.4. The molecule has 0 aromatic heterocycles. The van der Waals surface area contributed by atoms with Crippen LogP contribution in [0.1, 0.15) is 68.8 Å². The van der Waals surface area contributed by atoms with E-state index >= 15 is 0 Å².